The van der Waals surface area contributed by atoms with Crippen LogP contribution in [-0.2, 0) is 17.9 Å². The van der Waals surface area contributed by atoms with Crippen molar-refractivity contribution >= 4 is 23.4 Å². The van der Waals surface area contributed by atoms with Crippen LogP contribution in [0.4, 0.5) is 0 Å². The topological polar surface area (TPSA) is 91.0 Å². The molecular formula is C23H20ClN5O2. The first-order valence-corrected chi connectivity index (χ1v) is 10.2. The van der Waals surface area contributed by atoms with Gasteiger partial charge in [0.25, 0.3) is 5.91 Å². The second-order valence-corrected chi connectivity index (χ2v) is 7.86. The number of likely N-dealkylation sites (tertiary alicyclic amines) is 1. The summed E-state index contributed by atoms with van der Waals surface area (Å²) in [5, 5.41) is 12.4. The van der Waals surface area contributed by atoms with E-state index in [9.17, 15) is 9.59 Å². The molecule has 0 radical (unpaired) electrons. The van der Waals surface area contributed by atoms with Gasteiger partial charge in [0.2, 0.25) is 5.91 Å². The second-order valence-electron chi connectivity index (χ2n) is 7.42. The molecule has 0 bridgehead atoms. The Hall–Kier alpha value is -3.63. The molecule has 3 aromatic rings. The first kappa shape index (κ1) is 20.6. The van der Waals surface area contributed by atoms with Crippen LogP contribution in [0.25, 0.3) is 0 Å². The zero-order valence-electron chi connectivity index (χ0n) is 16.7. The highest BCUT2D eigenvalue weighted by Crippen LogP contribution is 2.18. The van der Waals surface area contributed by atoms with E-state index in [1.807, 2.05) is 30.3 Å². The first-order valence-electron chi connectivity index (χ1n) is 9.87. The minimum Gasteiger partial charge on any atom is -0.339 e. The molecule has 2 aromatic carbocycles. The molecule has 1 saturated heterocycles. The molecule has 0 aliphatic carbocycles. The number of carbonyl (C=O) groups excluding carboxylic acids is 2. The van der Waals surface area contributed by atoms with Crippen LogP contribution in [0.2, 0.25) is 5.02 Å². The molecule has 1 fully saturated rings. The number of nitrogens with one attached hydrogen (secondary N) is 1. The van der Waals surface area contributed by atoms with E-state index in [0.29, 0.717) is 42.3 Å². The normalized spacial score (nSPS) is 15.7. The van der Waals surface area contributed by atoms with E-state index in [1.54, 1.807) is 34.0 Å². The average Bonchev–Trinajstić information content (AvgIpc) is 3.36. The molecular weight excluding hydrogens is 414 g/mol. The van der Waals surface area contributed by atoms with E-state index < -0.39 is 6.04 Å². The van der Waals surface area contributed by atoms with Crippen LogP contribution in [0.3, 0.4) is 0 Å². The average molecular weight is 434 g/mol. The number of benzene rings is 2. The van der Waals surface area contributed by atoms with Crippen LogP contribution >= 0.6 is 11.6 Å². The maximum absolute atomic E-state index is 12.8. The van der Waals surface area contributed by atoms with Gasteiger partial charge < -0.3 is 14.8 Å². The van der Waals surface area contributed by atoms with Crippen molar-refractivity contribution in [1.29, 1.82) is 5.26 Å². The highest BCUT2D eigenvalue weighted by atomic mass is 35.5. The van der Waals surface area contributed by atoms with Gasteiger partial charge in [-0.2, -0.15) is 5.26 Å². The standard InChI is InChI=1S/C23H20ClN5O2/c24-19-3-1-2-18(10-19)14-28-9-8-20(23(28)31)27-22(30)21-12-26-15-29(21)13-17-6-4-16(11-25)5-7-17/h1-7,10,12,15,20H,8-9,13-14H2,(H,27,30)/t20-/m1/s1. The molecule has 8 heteroatoms. The highest BCUT2D eigenvalue weighted by Gasteiger charge is 2.33. The van der Waals surface area contributed by atoms with Crippen LogP contribution in [0.5, 0.6) is 0 Å². The fourth-order valence-electron chi connectivity index (χ4n) is 3.63. The smallest absolute Gasteiger partial charge is 0.270 e. The summed E-state index contributed by atoms with van der Waals surface area (Å²) >= 11 is 6.03. The van der Waals surface area contributed by atoms with Gasteiger partial charge in [-0.15, -0.1) is 0 Å². The summed E-state index contributed by atoms with van der Waals surface area (Å²) in [5.41, 5.74) is 2.85. The molecule has 0 unspecified atom stereocenters. The fraction of sp³-hybridized carbons (Fsp3) is 0.217. The molecule has 31 heavy (non-hydrogen) atoms. The molecule has 2 heterocycles. The van der Waals surface area contributed by atoms with Crippen molar-refractivity contribution in [3.63, 3.8) is 0 Å². The summed E-state index contributed by atoms with van der Waals surface area (Å²) in [6.07, 6.45) is 3.62. The minimum absolute atomic E-state index is 0.105. The number of hydrogen-bond donors (Lipinski definition) is 1. The van der Waals surface area contributed by atoms with Crippen molar-refractivity contribution in [2.24, 2.45) is 0 Å². The van der Waals surface area contributed by atoms with Gasteiger partial charge in [0, 0.05) is 24.7 Å². The molecule has 2 amide bonds. The molecule has 1 aliphatic rings. The summed E-state index contributed by atoms with van der Waals surface area (Å²) in [5.74, 6) is -0.444. The maximum Gasteiger partial charge on any atom is 0.270 e. The minimum atomic E-state index is -0.565. The number of nitrogens with zero attached hydrogens (tertiary/aromatic N) is 4. The van der Waals surface area contributed by atoms with Gasteiger partial charge in [0.05, 0.1) is 24.2 Å². The highest BCUT2D eigenvalue weighted by molar-refractivity contribution is 6.30. The number of halogens is 1. The van der Waals surface area contributed by atoms with Crippen molar-refractivity contribution in [2.45, 2.75) is 25.6 Å². The number of aromatic nitrogens is 2. The summed E-state index contributed by atoms with van der Waals surface area (Å²) in [6.45, 7) is 1.47. The van der Waals surface area contributed by atoms with E-state index in [-0.39, 0.29) is 11.8 Å². The Morgan fingerprint density at radius 2 is 2.00 bits per heavy atom. The number of carbonyl (C=O) groups is 2. The fourth-order valence-corrected chi connectivity index (χ4v) is 3.85. The number of imidazole rings is 1. The van der Waals surface area contributed by atoms with E-state index in [2.05, 4.69) is 16.4 Å². The molecule has 1 atom stereocenters. The third-order valence-corrected chi connectivity index (χ3v) is 5.48. The maximum atomic E-state index is 12.8. The lowest BCUT2D eigenvalue weighted by Crippen LogP contribution is -2.41. The Morgan fingerprint density at radius 3 is 2.74 bits per heavy atom. The number of amides is 2. The Bertz CT molecular complexity index is 1150. The van der Waals surface area contributed by atoms with Crippen LogP contribution in [0.1, 0.15) is 33.6 Å². The lowest BCUT2D eigenvalue weighted by molar-refractivity contribution is -0.129. The third kappa shape index (κ3) is 4.76. The number of rotatable bonds is 6. The third-order valence-electron chi connectivity index (χ3n) is 5.25. The Labute approximate surface area is 184 Å². The summed E-state index contributed by atoms with van der Waals surface area (Å²) in [7, 11) is 0. The molecule has 156 valence electrons. The van der Waals surface area contributed by atoms with Crippen LogP contribution in [-0.4, -0.2) is 38.9 Å². The first-order chi connectivity index (χ1) is 15.0. The molecule has 1 aliphatic heterocycles. The van der Waals surface area contributed by atoms with Gasteiger partial charge in [0.15, 0.2) is 0 Å². The zero-order chi connectivity index (χ0) is 21.8. The van der Waals surface area contributed by atoms with Gasteiger partial charge in [-0.3, -0.25) is 9.59 Å². The van der Waals surface area contributed by atoms with E-state index in [1.165, 1.54) is 6.20 Å². The van der Waals surface area contributed by atoms with Gasteiger partial charge in [0.1, 0.15) is 11.7 Å². The lowest BCUT2D eigenvalue weighted by atomic mass is 10.1. The van der Waals surface area contributed by atoms with Gasteiger partial charge in [-0.25, -0.2) is 4.98 Å². The molecule has 1 N–H and O–H groups in total. The Kier molecular flexibility index (Phi) is 6.01. The predicted octanol–water partition coefficient (Wildman–Crippen LogP) is 2.99. The quantitative estimate of drug-likeness (QED) is 0.647. The van der Waals surface area contributed by atoms with Crippen molar-refractivity contribution in [3.8, 4) is 6.07 Å². The predicted molar refractivity (Wildman–Crippen MR) is 115 cm³/mol. The van der Waals surface area contributed by atoms with Crippen molar-refractivity contribution in [3.05, 3.63) is 88.5 Å². The van der Waals surface area contributed by atoms with E-state index in [0.717, 1.165) is 11.1 Å². The van der Waals surface area contributed by atoms with Crippen LogP contribution < -0.4 is 5.32 Å². The molecule has 0 saturated carbocycles. The van der Waals surface area contributed by atoms with Gasteiger partial charge in [-0.05, 0) is 41.8 Å². The van der Waals surface area contributed by atoms with Crippen molar-refractivity contribution < 1.29 is 9.59 Å². The molecule has 0 spiro atoms. The molecule has 1 aromatic heterocycles. The SMILES string of the molecule is N#Cc1ccc(Cn2cncc2C(=O)N[C@@H]2CCN(Cc3cccc(Cl)c3)C2=O)cc1. The van der Waals surface area contributed by atoms with Gasteiger partial charge in [-0.1, -0.05) is 35.9 Å². The van der Waals surface area contributed by atoms with Crippen LogP contribution in [0, 0.1) is 11.3 Å². The van der Waals surface area contributed by atoms with E-state index in [4.69, 9.17) is 16.9 Å². The largest absolute Gasteiger partial charge is 0.339 e. The molecule has 4 rings (SSSR count). The summed E-state index contributed by atoms with van der Waals surface area (Å²) in [6, 6.07) is 16.1. The zero-order valence-corrected chi connectivity index (χ0v) is 17.4. The van der Waals surface area contributed by atoms with Gasteiger partial charge >= 0.3 is 0 Å². The Morgan fingerprint density at radius 1 is 1.19 bits per heavy atom. The summed E-state index contributed by atoms with van der Waals surface area (Å²) < 4.78 is 1.72. The molecule has 7 nitrogen and oxygen atoms in total. The van der Waals surface area contributed by atoms with E-state index >= 15 is 0 Å². The second kappa shape index (κ2) is 9.02. The Balaban J connectivity index is 1.39. The number of hydrogen-bond acceptors (Lipinski definition) is 4. The van der Waals surface area contributed by atoms with Crippen molar-refractivity contribution in [2.75, 3.05) is 6.54 Å². The van der Waals surface area contributed by atoms with Crippen LogP contribution in [0.15, 0.2) is 61.1 Å². The number of nitriles is 1. The monoisotopic (exact) mass is 433 g/mol. The van der Waals surface area contributed by atoms with Crippen molar-refractivity contribution in [1.82, 2.24) is 19.8 Å². The summed E-state index contributed by atoms with van der Waals surface area (Å²) in [4.78, 5) is 31.4. The lowest BCUT2D eigenvalue weighted by Gasteiger charge is -2.17.